The molecule has 5 nitrogen and oxygen atoms in total. The average Bonchev–Trinajstić information content (AvgIpc) is 3.03. The fourth-order valence-corrected chi connectivity index (χ4v) is 2.78. The van der Waals surface area contributed by atoms with Gasteiger partial charge >= 0.3 is 0 Å². The van der Waals surface area contributed by atoms with Crippen molar-refractivity contribution in [2.75, 3.05) is 19.1 Å². The van der Waals surface area contributed by atoms with Crippen LogP contribution in [0.3, 0.4) is 0 Å². The van der Waals surface area contributed by atoms with Crippen molar-refractivity contribution in [1.82, 2.24) is 9.72 Å². The van der Waals surface area contributed by atoms with Crippen LogP contribution in [-0.4, -0.2) is 30.5 Å². The zero-order chi connectivity index (χ0) is 18.0. The number of nitrogens with one attached hydrogen (secondary N) is 1. The predicted molar refractivity (Wildman–Crippen MR) is 101 cm³/mol. The van der Waals surface area contributed by atoms with Gasteiger partial charge in [-0.2, -0.15) is 0 Å². The average molecular weight is 337 g/mol. The summed E-state index contributed by atoms with van der Waals surface area (Å²) in [6.07, 6.45) is 1.88. The molecule has 0 fully saturated rings. The number of carbonyl (C=O) groups excluding carboxylic acids is 1. The van der Waals surface area contributed by atoms with Crippen molar-refractivity contribution in [3.8, 4) is 5.75 Å². The molecule has 130 valence electrons. The van der Waals surface area contributed by atoms with Crippen LogP contribution in [0.1, 0.15) is 24.2 Å². The molecular formula is C20H23N3O2. The van der Waals surface area contributed by atoms with Crippen LogP contribution in [0, 0.1) is 0 Å². The number of anilines is 2. The van der Waals surface area contributed by atoms with Gasteiger partial charge in [-0.25, -0.2) is 0 Å². The van der Waals surface area contributed by atoms with Gasteiger partial charge in [0.1, 0.15) is 11.6 Å². The van der Waals surface area contributed by atoms with Crippen molar-refractivity contribution in [3.63, 3.8) is 0 Å². The molecule has 3 rings (SSSR count). The van der Waals surface area contributed by atoms with Gasteiger partial charge in [0, 0.05) is 30.5 Å². The number of nitrogens with zero attached hydrogens (tertiary/aromatic N) is 2. The van der Waals surface area contributed by atoms with Gasteiger partial charge in [-0.3, -0.25) is 4.79 Å². The molecule has 1 N–H and O–H groups in total. The third kappa shape index (κ3) is 3.45. The summed E-state index contributed by atoms with van der Waals surface area (Å²) >= 11 is 0. The minimum absolute atomic E-state index is 0.0661. The van der Waals surface area contributed by atoms with Crippen LogP contribution in [0.4, 0.5) is 11.5 Å². The summed E-state index contributed by atoms with van der Waals surface area (Å²) in [5.41, 5.74) is 2.72. The molecule has 1 amide bonds. The fraction of sp³-hybridized carbons (Fsp3) is 0.250. The van der Waals surface area contributed by atoms with Gasteiger partial charge in [0.15, 0.2) is 0 Å². The Morgan fingerprint density at radius 1 is 1.08 bits per heavy atom. The second-order valence-electron chi connectivity index (χ2n) is 6.29. The van der Waals surface area contributed by atoms with E-state index in [1.165, 1.54) is 0 Å². The van der Waals surface area contributed by atoms with Crippen LogP contribution in [0.25, 0.3) is 5.52 Å². The fourth-order valence-electron chi connectivity index (χ4n) is 2.78. The Morgan fingerprint density at radius 3 is 2.40 bits per heavy atom. The van der Waals surface area contributed by atoms with Gasteiger partial charge in [0.25, 0.3) is 5.91 Å². The number of pyridine rings is 1. The molecule has 5 heteroatoms. The lowest BCUT2D eigenvalue weighted by Crippen LogP contribution is -2.30. The maximum Gasteiger partial charge on any atom is 0.252 e. The van der Waals surface area contributed by atoms with Crippen molar-refractivity contribution >= 4 is 22.9 Å². The first-order chi connectivity index (χ1) is 12.0. The first-order valence-electron chi connectivity index (χ1n) is 8.29. The molecular weight excluding hydrogens is 314 g/mol. The molecule has 3 aromatic rings. The van der Waals surface area contributed by atoms with E-state index in [-0.39, 0.29) is 11.9 Å². The van der Waals surface area contributed by atoms with E-state index >= 15 is 0 Å². The van der Waals surface area contributed by atoms with Gasteiger partial charge in [0.05, 0.1) is 12.7 Å². The van der Waals surface area contributed by atoms with E-state index in [2.05, 4.69) is 10.2 Å². The number of hydrogen-bond acceptors (Lipinski definition) is 3. The molecule has 2 aromatic heterocycles. The summed E-state index contributed by atoms with van der Waals surface area (Å²) in [4.78, 5) is 14.4. The van der Waals surface area contributed by atoms with E-state index in [0.29, 0.717) is 5.56 Å². The Kier molecular flexibility index (Phi) is 4.65. The summed E-state index contributed by atoms with van der Waals surface area (Å²) < 4.78 is 7.24. The molecule has 2 heterocycles. The van der Waals surface area contributed by atoms with Crippen LogP contribution in [0.2, 0.25) is 0 Å². The van der Waals surface area contributed by atoms with Crippen molar-refractivity contribution in [3.05, 3.63) is 60.3 Å². The number of carbonyl (C=O) groups is 1. The first kappa shape index (κ1) is 16.9. The second kappa shape index (κ2) is 6.89. The molecule has 1 aromatic carbocycles. The summed E-state index contributed by atoms with van der Waals surface area (Å²) in [5, 5.41) is 2.93. The number of fused-ring (bicyclic) bond motifs is 1. The number of rotatable bonds is 5. The number of methoxy groups -OCH3 is 1. The summed E-state index contributed by atoms with van der Waals surface area (Å²) in [6, 6.07) is 15.9. The maximum atomic E-state index is 12.3. The second-order valence-corrected chi connectivity index (χ2v) is 6.29. The molecule has 0 radical (unpaired) electrons. The van der Waals surface area contributed by atoms with E-state index in [4.69, 9.17) is 4.74 Å². The lowest BCUT2D eigenvalue weighted by Gasteiger charge is -2.20. The Bertz CT molecular complexity index is 882. The molecule has 0 spiro atoms. The monoisotopic (exact) mass is 337 g/mol. The van der Waals surface area contributed by atoms with Crippen LogP contribution >= 0.6 is 0 Å². The Morgan fingerprint density at radius 2 is 1.76 bits per heavy atom. The standard InChI is InChI=1S/C20H23N3O2/c1-14(2)21-20(24)15-5-6-17-9-12-19(23(17)13-15)22(3)16-7-10-18(25-4)11-8-16/h5-14H,1-4H3,(H,21,24). The van der Waals surface area contributed by atoms with E-state index in [9.17, 15) is 4.79 Å². The number of hydrogen-bond donors (Lipinski definition) is 1. The van der Waals surface area contributed by atoms with Crippen molar-refractivity contribution in [1.29, 1.82) is 0 Å². The van der Waals surface area contributed by atoms with Crippen molar-refractivity contribution < 1.29 is 9.53 Å². The van der Waals surface area contributed by atoms with E-state index in [1.807, 2.05) is 80.0 Å². The van der Waals surface area contributed by atoms with Gasteiger partial charge in [-0.15, -0.1) is 0 Å². The highest BCUT2D eigenvalue weighted by Gasteiger charge is 2.12. The van der Waals surface area contributed by atoms with Crippen LogP contribution in [-0.2, 0) is 0 Å². The summed E-state index contributed by atoms with van der Waals surface area (Å²) in [5.74, 6) is 1.74. The molecule has 0 unspecified atom stereocenters. The van der Waals surface area contributed by atoms with Crippen molar-refractivity contribution in [2.24, 2.45) is 0 Å². The number of aromatic nitrogens is 1. The molecule has 0 aliphatic carbocycles. The molecule has 0 atom stereocenters. The highest BCUT2D eigenvalue weighted by molar-refractivity contribution is 5.94. The van der Waals surface area contributed by atoms with E-state index < -0.39 is 0 Å². The summed E-state index contributed by atoms with van der Waals surface area (Å²) in [7, 11) is 3.66. The Balaban J connectivity index is 1.96. The van der Waals surface area contributed by atoms with E-state index in [0.717, 1.165) is 22.8 Å². The predicted octanol–water partition coefficient (Wildman–Crippen LogP) is 3.85. The maximum absolute atomic E-state index is 12.3. The van der Waals surface area contributed by atoms with Gasteiger partial charge in [0.2, 0.25) is 0 Å². The van der Waals surface area contributed by atoms with Crippen molar-refractivity contribution in [2.45, 2.75) is 19.9 Å². The lowest BCUT2D eigenvalue weighted by atomic mass is 10.2. The van der Waals surface area contributed by atoms with Crippen LogP contribution in [0.15, 0.2) is 54.7 Å². The largest absolute Gasteiger partial charge is 0.497 e. The molecule has 0 aliphatic rings. The highest BCUT2D eigenvalue weighted by atomic mass is 16.5. The number of ether oxygens (including phenoxy) is 1. The third-order valence-corrected chi connectivity index (χ3v) is 4.12. The van der Waals surface area contributed by atoms with Crippen LogP contribution < -0.4 is 15.0 Å². The highest BCUT2D eigenvalue weighted by Crippen LogP contribution is 2.27. The lowest BCUT2D eigenvalue weighted by molar-refractivity contribution is 0.0942. The van der Waals surface area contributed by atoms with Gasteiger partial charge in [-0.05, 0) is 62.4 Å². The summed E-state index contributed by atoms with van der Waals surface area (Å²) in [6.45, 7) is 3.91. The quantitative estimate of drug-likeness (QED) is 0.769. The third-order valence-electron chi connectivity index (χ3n) is 4.12. The van der Waals surface area contributed by atoms with Gasteiger partial charge < -0.3 is 19.4 Å². The molecule has 0 aliphatic heterocycles. The molecule has 25 heavy (non-hydrogen) atoms. The Labute approximate surface area is 147 Å². The normalized spacial score (nSPS) is 10.9. The number of benzene rings is 1. The molecule has 0 bridgehead atoms. The Hall–Kier alpha value is -2.95. The minimum Gasteiger partial charge on any atom is -0.497 e. The topological polar surface area (TPSA) is 46.0 Å². The minimum atomic E-state index is -0.0661. The SMILES string of the molecule is COc1ccc(N(C)c2ccc3ccc(C(=O)NC(C)C)cn23)cc1. The van der Waals surface area contributed by atoms with Gasteiger partial charge in [-0.1, -0.05) is 0 Å². The van der Waals surface area contributed by atoms with E-state index in [1.54, 1.807) is 7.11 Å². The van der Waals surface area contributed by atoms with Crippen LogP contribution in [0.5, 0.6) is 5.75 Å². The zero-order valence-corrected chi connectivity index (χ0v) is 15.0. The first-order valence-corrected chi connectivity index (χ1v) is 8.29. The molecule has 0 saturated carbocycles. The zero-order valence-electron chi connectivity index (χ0n) is 15.0. The number of amides is 1. The molecule has 0 saturated heterocycles. The smallest absolute Gasteiger partial charge is 0.252 e.